The molecule has 0 amide bonds. The van der Waals surface area contributed by atoms with Crippen molar-refractivity contribution in [2.45, 2.75) is 0 Å². The second-order valence-electron chi connectivity index (χ2n) is 2.43. The third-order valence-electron chi connectivity index (χ3n) is 1.49. The second-order valence-corrected chi connectivity index (χ2v) is 3.24. The molecular formula is C9H11NO2S. The first-order chi connectivity index (χ1) is 6.25. The minimum atomic E-state index is -0.368. The summed E-state index contributed by atoms with van der Waals surface area (Å²) in [7, 11) is 0. The van der Waals surface area contributed by atoms with Crippen molar-refractivity contribution in [2.24, 2.45) is 0 Å². The second kappa shape index (κ2) is 4.77. The standard InChI is InChI=1S/C9H11NO2S/c1-13-6-12-9(11)7-4-2-3-5-8(7)10/h2-5H,6,10H2,1H3. The van der Waals surface area contributed by atoms with Crippen molar-refractivity contribution in [3.63, 3.8) is 0 Å². The van der Waals surface area contributed by atoms with E-state index in [9.17, 15) is 4.79 Å². The van der Waals surface area contributed by atoms with Crippen LogP contribution in [0.3, 0.4) is 0 Å². The third-order valence-corrected chi connectivity index (χ3v) is 1.84. The number of thioether (sulfide) groups is 1. The zero-order valence-electron chi connectivity index (χ0n) is 7.32. The maximum Gasteiger partial charge on any atom is 0.341 e. The van der Waals surface area contributed by atoms with Crippen LogP contribution < -0.4 is 5.73 Å². The molecule has 70 valence electrons. The molecule has 0 aliphatic rings. The van der Waals surface area contributed by atoms with Crippen LogP contribution in [-0.2, 0) is 4.74 Å². The van der Waals surface area contributed by atoms with E-state index >= 15 is 0 Å². The minimum Gasteiger partial charge on any atom is -0.451 e. The minimum absolute atomic E-state index is 0.354. The molecule has 1 aromatic rings. The maximum absolute atomic E-state index is 11.3. The Labute approximate surface area is 81.3 Å². The van der Waals surface area contributed by atoms with Gasteiger partial charge in [0.15, 0.2) is 0 Å². The van der Waals surface area contributed by atoms with Crippen LogP contribution in [0.4, 0.5) is 5.69 Å². The van der Waals surface area contributed by atoms with Crippen LogP contribution >= 0.6 is 11.8 Å². The molecule has 0 saturated carbocycles. The monoisotopic (exact) mass is 197 g/mol. The van der Waals surface area contributed by atoms with Gasteiger partial charge in [0.25, 0.3) is 0 Å². The molecule has 0 atom stereocenters. The van der Waals surface area contributed by atoms with E-state index in [0.717, 1.165) is 0 Å². The number of hydrogen-bond donors (Lipinski definition) is 1. The van der Waals surface area contributed by atoms with E-state index < -0.39 is 0 Å². The Morgan fingerprint density at radius 1 is 1.54 bits per heavy atom. The number of carbonyl (C=O) groups is 1. The molecule has 1 aromatic carbocycles. The number of hydrogen-bond acceptors (Lipinski definition) is 4. The number of ether oxygens (including phenoxy) is 1. The lowest BCUT2D eigenvalue weighted by Gasteiger charge is -2.04. The SMILES string of the molecule is CSCOC(=O)c1ccccc1N. The highest BCUT2D eigenvalue weighted by Crippen LogP contribution is 2.12. The molecule has 13 heavy (non-hydrogen) atoms. The molecular weight excluding hydrogens is 186 g/mol. The Hall–Kier alpha value is -1.16. The van der Waals surface area contributed by atoms with Gasteiger partial charge in [0.1, 0.15) is 5.94 Å². The molecule has 0 fully saturated rings. The van der Waals surface area contributed by atoms with Crippen molar-refractivity contribution in [3.05, 3.63) is 29.8 Å². The van der Waals surface area contributed by atoms with Crippen molar-refractivity contribution in [3.8, 4) is 0 Å². The average Bonchev–Trinajstić information content (AvgIpc) is 2.15. The van der Waals surface area contributed by atoms with E-state index in [1.165, 1.54) is 11.8 Å². The summed E-state index contributed by atoms with van der Waals surface area (Å²) in [6.45, 7) is 0. The number of nitrogen functional groups attached to an aromatic ring is 1. The predicted molar refractivity (Wildman–Crippen MR) is 54.7 cm³/mol. The lowest BCUT2D eigenvalue weighted by atomic mass is 10.2. The number of nitrogens with two attached hydrogens (primary N) is 1. The molecule has 0 unspecified atom stereocenters. The van der Waals surface area contributed by atoms with Crippen LogP contribution in [-0.4, -0.2) is 18.2 Å². The summed E-state index contributed by atoms with van der Waals surface area (Å²) in [5.74, 6) is -0.0138. The van der Waals surface area contributed by atoms with Gasteiger partial charge < -0.3 is 10.5 Å². The molecule has 0 spiro atoms. The Balaban J connectivity index is 2.71. The van der Waals surface area contributed by atoms with E-state index in [0.29, 0.717) is 17.2 Å². The van der Waals surface area contributed by atoms with Gasteiger partial charge >= 0.3 is 5.97 Å². The smallest absolute Gasteiger partial charge is 0.341 e. The fourth-order valence-electron chi connectivity index (χ4n) is 0.873. The molecule has 1 rings (SSSR count). The largest absolute Gasteiger partial charge is 0.451 e. The first-order valence-corrected chi connectivity index (χ1v) is 5.15. The van der Waals surface area contributed by atoms with Crippen molar-refractivity contribution in [1.82, 2.24) is 0 Å². The number of benzene rings is 1. The van der Waals surface area contributed by atoms with Gasteiger partial charge in [-0.15, -0.1) is 11.8 Å². The van der Waals surface area contributed by atoms with E-state index in [-0.39, 0.29) is 5.97 Å². The number of rotatable bonds is 3. The molecule has 3 nitrogen and oxygen atoms in total. The van der Waals surface area contributed by atoms with Crippen LogP contribution in [0.2, 0.25) is 0 Å². The molecule has 4 heteroatoms. The molecule has 0 radical (unpaired) electrons. The molecule has 0 aliphatic heterocycles. The Morgan fingerprint density at radius 3 is 2.85 bits per heavy atom. The first-order valence-electron chi connectivity index (χ1n) is 3.76. The van der Waals surface area contributed by atoms with E-state index in [2.05, 4.69) is 0 Å². The highest BCUT2D eigenvalue weighted by atomic mass is 32.2. The number of carbonyl (C=O) groups excluding carboxylic acids is 1. The summed E-state index contributed by atoms with van der Waals surface area (Å²) in [6.07, 6.45) is 1.86. The van der Waals surface area contributed by atoms with Crippen molar-refractivity contribution < 1.29 is 9.53 Å². The van der Waals surface area contributed by atoms with Gasteiger partial charge in [-0.2, -0.15) is 0 Å². The van der Waals surface area contributed by atoms with Gasteiger partial charge in [0.2, 0.25) is 0 Å². The Bertz CT molecular complexity index is 301. The summed E-state index contributed by atoms with van der Waals surface area (Å²) in [5.41, 5.74) is 6.47. The van der Waals surface area contributed by atoms with Gasteiger partial charge in [0.05, 0.1) is 5.56 Å². The summed E-state index contributed by atoms with van der Waals surface area (Å²) in [4.78, 5) is 11.3. The van der Waals surface area contributed by atoms with Gasteiger partial charge in [-0.05, 0) is 18.4 Å². The summed E-state index contributed by atoms with van der Waals surface area (Å²) < 4.78 is 4.90. The predicted octanol–water partition coefficient (Wildman–Crippen LogP) is 1.75. The van der Waals surface area contributed by atoms with Crippen molar-refractivity contribution in [2.75, 3.05) is 17.9 Å². The van der Waals surface area contributed by atoms with E-state index in [4.69, 9.17) is 10.5 Å². The third kappa shape index (κ3) is 2.66. The van der Waals surface area contributed by atoms with Crippen LogP contribution in [0.25, 0.3) is 0 Å². The van der Waals surface area contributed by atoms with Gasteiger partial charge in [-0.1, -0.05) is 12.1 Å². The van der Waals surface area contributed by atoms with Crippen molar-refractivity contribution >= 4 is 23.4 Å². The van der Waals surface area contributed by atoms with Crippen LogP contribution in [0.15, 0.2) is 24.3 Å². The fourth-order valence-corrected chi connectivity index (χ4v) is 1.10. The van der Waals surface area contributed by atoms with Crippen LogP contribution in [0.5, 0.6) is 0 Å². The van der Waals surface area contributed by atoms with Gasteiger partial charge in [0, 0.05) is 5.69 Å². The summed E-state index contributed by atoms with van der Waals surface area (Å²) in [5, 5.41) is 0. The van der Waals surface area contributed by atoms with E-state index in [1.807, 2.05) is 6.26 Å². The van der Waals surface area contributed by atoms with E-state index in [1.54, 1.807) is 24.3 Å². The van der Waals surface area contributed by atoms with Crippen molar-refractivity contribution in [1.29, 1.82) is 0 Å². The van der Waals surface area contributed by atoms with Crippen LogP contribution in [0, 0.1) is 0 Å². The number of esters is 1. The fraction of sp³-hybridized carbons (Fsp3) is 0.222. The molecule has 0 aliphatic carbocycles. The molecule has 0 aromatic heterocycles. The lowest BCUT2D eigenvalue weighted by Crippen LogP contribution is -2.07. The highest BCUT2D eigenvalue weighted by molar-refractivity contribution is 7.98. The number of para-hydroxylation sites is 1. The Morgan fingerprint density at radius 2 is 2.23 bits per heavy atom. The quantitative estimate of drug-likeness (QED) is 0.455. The topological polar surface area (TPSA) is 52.3 Å². The highest BCUT2D eigenvalue weighted by Gasteiger charge is 2.08. The molecule has 0 heterocycles. The van der Waals surface area contributed by atoms with Gasteiger partial charge in [-0.3, -0.25) is 0 Å². The zero-order valence-corrected chi connectivity index (χ0v) is 8.14. The molecule has 0 bridgehead atoms. The first kappa shape index (κ1) is 9.92. The molecule has 0 saturated heterocycles. The summed E-state index contributed by atoms with van der Waals surface area (Å²) in [6, 6.07) is 6.86. The maximum atomic E-state index is 11.3. The van der Waals surface area contributed by atoms with Gasteiger partial charge in [-0.25, -0.2) is 4.79 Å². The molecule has 2 N–H and O–H groups in total. The lowest BCUT2D eigenvalue weighted by molar-refractivity contribution is 0.0581. The average molecular weight is 197 g/mol. The Kier molecular flexibility index (Phi) is 3.64. The zero-order chi connectivity index (χ0) is 9.68. The summed E-state index contributed by atoms with van der Waals surface area (Å²) >= 11 is 1.45. The number of anilines is 1. The normalized spacial score (nSPS) is 9.62. The van der Waals surface area contributed by atoms with Crippen LogP contribution in [0.1, 0.15) is 10.4 Å².